The smallest absolute Gasteiger partial charge is 0.261 e. The van der Waals surface area contributed by atoms with E-state index in [4.69, 9.17) is 13.9 Å². The van der Waals surface area contributed by atoms with E-state index >= 15 is 0 Å². The van der Waals surface area contributed by atoms with E-state index in [1.54, 1.807) is 7.11 Å². The number of benzene rings is 3. The average Bonchev–Trinajstić information content (AvgIpc) is 2.92. The molecular weight excluding hydrogens is 488 g/mol. The third kappa shape index (κ3) is 8.03. The van der Waals surface area contributed by atoms with Crippen LogP contribution in [0.3, 0.4) is 0 Å². The zero-order valence-electron chi connectivity index (χ0n) is 23.9. The van der Waals surface area contributed by atoms with Gasteiger partial charge >= 0.3 is 0 Å². The number of rotatable bonds is 15. The predicted octanol–water partition coefficient (Wildman–Crippen LogP) is 6.49. The van der Waals surface area contributed by atoms with Crippen LogP contribution in [0.2, 0.25) is 5.04 Å². The molecule has 0 bridgehead atoms. The molecule has 0 saturated heterocycles. The van der Waals surface area contributed by atoms with Crippen LogP contribution in [0.5, 0.6) is 5.75 Å². The fourth-order valence-electron chi connectivity index (χ4n) is 5.15. The second-order valence-electron chi connectivity index (χ2n) is 11.1. The van der Waals surface area contributed by atoms with Crippen molar-refractivity contribution in [1.29, 1.82) is 0 Å². The van der Waals surface area contributed by atoms with Gasteiger partial charge in [0.2, 0.25) is 0 Å². The van der Waals surface area contributed by atoms with Crippen molar-refractivity contribution in [2.75, 3.05) is 13.7 Å². The number of hydrogen-bond donors (Lipinski definition) is 1. The van der Waals surface area contributed by atoms with Crippen LogP contribution in [0.15, 0.2) is 84.9 Å². The van der Waals surface area contributed by atoms with Crippen molar-refractivity contribution in [3.63, 3.8) is 0 Å². The van der Waals surface area contributed by atoms with E-state index < -0.39 is 14.4 Å². The van der Waals surface area contributed by atoms with Crippen LogP contribution in [0.1, 0.15) is 65.4 Å². The number of ether oxygens (including phenoxy) is 2. The maximum atomic E-state index is 10.9. The molecule has 0 heterocycles. The summed E-state index contributed by atoms with van der Waals surface area (Å²) in [6.45, 7) is 9.92. The van der Waals surface area contributed by atoms with Crippen molar-refractivity contribution in [2.24, 2.45) is 0 Å². The van der Waals surface area contributed by atoms with Crippen LogP contribution in [0.4, 0.5) is 0 Å². The highest BCUT2D eigenvalue weighted by Gasteiger charge is 2.50. The fraction of sp³-hybridized carbons (Fsp3) is 0.455. The third-order valence-electron chi connectivity index (χ3n) is 7.22. The van der Waals surface area contributed by atoms with Crippen molar-refractivity contribution in [3.05, 3.63) is 90.5 Å². The van der Waals surface area contributed by atoms with Gasteiger partial charge in [-0.2, -0.15) is 0 Å². The van der Waals surface area contributed by atoms with E-state index in [9.17, 15) is 5.11 Å². The summed E-state index contributed by atoms with van der Waals surface area (Å²) in [5.41, 5.74) is 1.07. The zero-order chi connectivity index (χ0) is 27.4. The first-order valence-corrected chi connectivity index (χ1v) is 15.9. The first-order valence-electron chi connectivity index (χ1n) is 14.0. The fourth-order valence-corrected chi connectivity index (χ4v) is 9.74. The summed E-state index contributed by atoms with van der Waals surface area (Å²) in [5.74, 6) is 0.826. The molecule has 0 radical (unpaired) electrons. The maximum absolute atomic E-state index is 10.9. The molecule has 0 saturated carbocycles. The minimum absolute atomic E-state index is 0.115. The quantitative estimate of drug-likeness (QED) is 0.179. The molecule has 0 aliphatic rings. The molecule has 0 aliphatic heterocycles. The first-order chi connectivity index (χ1) is 18.3. The molecule has 5 heteroatoms. The largest absolute Gasteiger partial charge is 0.497 e. The van der Waals surface area contributed by atoms with E-state index in [0.29, 0.717) is 19.6 Å². The highest BCUT2D eigenvalue weighted by atomic mass is 28.4. The molecule has 3 aromatic carbocycles. The van der Waals surface area contributed by atoms with Crippen molar-refractivity contribution in [1.82, 2.24) is 0 Å². The minimum atomic E-state index is -2.69. The Balaban J connectivity index is 1.87. The van der Waals surface area contributed by atoms with Crippen molar-refractivity contribution >= 4 is 18.7 Å². The molecular formula is C33H46O4Si. The lowest BCUT2D eigenvalue weighted by Crippen LogP contribution is -2.67. The van der Waals surface area contributed by atoms with Gasteiger partial charge < -0.3 is 19.0 Å². The summed E-state index contributed by atoms with van der Waals surface area (Å²) < 4.78 is 18.9. The Morgan fingerprint density at radius 2 is 1.39 bits per heavy atom. The molecule has 1 N–H and O–H groups in total. The molecule has 0 fully saturated rings. The lowest BCUT2D eigenvalue weighted by Gasteiger charge is -2.43. The average molecular weight is 535 g/mol. The Labute approximate surface area is 231 Å². The highest BCUT2D eigenvalue weighted by Crippen LogP contribution is 2.37. The summed E-state index contributed by atoms with van der Waals surface area (Å²) in [4.78, 5) is 0. The van der Waals surface area contributed by atoms with Crippen LogP contribution >= 0.6 is 0 Å². The SMILES string of the molecule is CCCCCC(O)C[C@@H](CO[Si](c1ccccc1)(c1ccccc1)C(C)(C)C)OCc1ccc(OC)cc1. The summed E-state index contributed by atoms with van der Waals surface area (Å²) in [6.07, 6.45) is 4.00. The van der Waals surface area contributed by atoms with E-state index in [1.165, 1.54) is 10.4 Å². The Morgan fingerprint density at radius 1 is 0.816 bits per heavy atom. The second kappa shape index (κ2) is 14.6. The predicted molar refractivity (Wildman–Crippen MR) is 160 cm³/mol. The number of hydrogen-bond acceptors (Lipinski definition) is 4. The molecule has 206 valence electrons. The number of methoxy groups -OCH3 is 1. The van der Waals surface area contributed by atoms with Crippen LogP contribution in [0.25, 0.3) is 0 Å². The second-order valence-corrected chi connectivity index (χ2v) is 15.4. The van der Waals surface area contributed by atoms with Gasteiger partial charge in [0.25, 0.3) is 8.32 Å². The molecule has 0 aromatic heterocycles. The van der Waals surface area contributed by atoms with Gasteiger partial charge in [0.05, 0.1) is 32.5 Å². The number of aliphatic hydroxyl groups excluding tert-OH is 1. The van der Waals surface area contributed by atoms with Crippen LogP contribution < -0.4 is 15.1 Å². The molecule has 1 unspecified atom stereocenters. The van der Waals surface area contributed by atoms with Crippen LogP contribution in [0, 0.1) is 0 Å². The molecule has 0 amide bonds. The zero-order valence-corrected chi connectivity index (χ0v) is 24.9. The van der Waals surface area contributed by atoms with Gasteiger partial charge in [0, 0.05) is 6.42 Å². The Hall–Kier alpha value is -2.44. The third-order valence-corrected chi connectivity index (χ3v) is 12.2. The number of unbranched alkanes of at least 4 members (excludes halogenated alkanes) is 2. The van der Waals surface area contributed by atoms with E-state index in [2.05, 4.69) is 88.4 Å². The first kappa shape index (κ1) is 30.1. The lowest BCUT2D eigenvalue weighted by atomic mass is 10.1. The van der Waals surface area contributed by atoms with E-state index in [-0.39, 0.29) is 11.1 Å². The Morgan fingerprint density at radius 3 is 1.89 bits per heavy atom. The van der Waals surface area contributed by atoms with Gasteiger partial charge in [0.15, 0.2) is 0 Å². The monoisotopic (exact) mass is 534 g/mol. The van der Waals surface area contributed by atoms with Gasteiger partial charge in [0.1, 0.15) is 5.75 Å². The molecule has 0 aliphatic carbocycles. The molecule has 38 heavy (non-hydrogen) atoms. The summed E-state index contributed by atoms with van der Waals surface area (Å²) in [5, 5.41) is 13.3. The normalized spacial score (nSPS) is 13.7. The van der Waals surface area contributed by atoms with Gasteiger partial charge in [-0.25, -0.2) is 0 Å². The molecule has 3 rings (SSSR count). The maximum Gasteiger partial charge on any atom is 0.261 e. The highest BCUT2D eigenvalue weighted by molar-refractivity contribution is 6.99. The van der Waals surface area contributed by atoms with Gasteiger partial charge in [-0.3, -0.25) is 0 Å². The summed E-state index contributed by atoms with van der Waals surface area (Å²) in [6, 6.07) is 29.3. The molecule has 4 nitrogen and oxygen atoms in total. The van der Waals surface area contributed by atoms with Crippen LogP contribution in [-0.4, -0.2) is 39.3 Å². The topological polar surface area (TPSA) is 47.9 Å². The minimum Gasteiger partial charge on any atom is -0.497 e. The lowest BCUT2D eigenvalue weighted by molar-refractivity contribution is -0.0239. The summed E-state index contributed by atoms with van der Waals surface area (Å²) in [7, 11) is -1.02. The van der Waals surface area contributed by atoms with Gasteiger partial charge in [-0.15, -0.1) is 0 Å². The van der Waals surface area contributed by atoms with Crippen LogP contribution in [-0.2, 0) is 15.8 Å². The standard InChI is InChI=1S/C33H46O4Si/c1-6-7-10-15-28(34)24-30(36-25-27-20-22-29(35-5)23-21-27)26-37-38(33(2,3)4,31-16-11-8-12-17-31)32-18-13-9-14-19-32/h8-9,11-14,16-23,28,30,34H,6-7,10,15,24-26H2,1-5H3/t28?,30-/m0/s1. The molecule has 2 atom stereocenters. The van der Waals surface area contributed by atoms with Crippen molar-refractivity contribution in [3.8, 4) is 5.75 Å². The Kier molecular flexibility index (Phi) is 11.6. The molecule has 3 aromatic rings. The Bertz CT molecular complexity index is 1010. The van der Waals surface area contributed by atoms with Gasteiger partial charge in [-0.05, 0) is 39.5 Å². The summed E-state index contributed by atoms with van der Waals surface area (Å²) >= 11 is 0. The number of aliphatic hydroxyl groups is 1. The van der Waals surface area contributed by atoms with Gasteiger partial charge in [-0.1, -0.05) is 120 Å². The van der Waals surface area contributed by atoms with Crippen molar-refractivity contribution in [2.45, 2.75) is 83.7 Å². The van der Waals surface area contributed by atoms with E-state index in [1.807, 2.05) is 24.3 Å². The van der Waals surface area contributed by atoms with Crippen molar-refractivity contribution < 1.29 is 19.0 Å². The van der Waals surface area contributed by atoms with E-state index in [0.717, 1.165) is 37.0 Å². The molecule has 0 spiro atoms.